The molecule has 0 aromatic heterocycles. The van der Waals surface area contributed by atoms with Crippen molar-refractivity contribution in [1.29, 1.82) is 0 Å². The van der Waals surface area contributed by atoms with E-state index in [1.165, 1.54) is 0 Å². The van der Waals surface area contributed by atoms with Gasteiger partial charge in [0.1, 0.15) is 11.5 Å². The Kier molecular flexibility index (Phi) is 8.29. The van der Waals surface area contributed by atoms with Crippen LogP contribution in [-0.2, 0) is 20.8 Å². The molecular formula is C25H38N4O3. The average Bonchev–Trinajstić information content (AvgIpc) is 3.29. The molecule has 2 aliphatic rings. The van der Waals surface area contributed by atoms with Crippen LogP contribution in [0.15, 0.2) is 30.3 Å². The molecule has 2 fully saturated rings. The van der Waals surface area contributed by atoms with Crippen molar-refractivity contribution in [2.45, 2.75) is 70.9 Å². The molecule has 1 aromatic carbocycles. The second-order valence-electron chi connectivity index (χ2n) is 9.74. The first-order valence-electron chi connectivity index (χ1n) is 12.0. The minimum absolute atomic E-state index is 0.0383. The summed E-state index contributed by atoms with van der Waals surface area (Å²) in [5.41, 5.74) is 5.40. The van der Waals surface area contributed by atoms with Gasteiger partial charge >= 0.3 is 0 Å². The predicted octanol–water partition coefficient (Wildman–Crippen LogP) is 1.90. The Morgan fingerprint density at radius 3 is 2.25 bits per heavy atom. The van der Waals surface area contributed by atoms with Crippen LogP contribution in [0.3, 0.4) is 0 Å². The third-order valence-electron chi connectivity index (χ3n) is 7.19. The Bertz CT molecular complexity index is 784. The van der Waals surface area contributed by atoms with Crippen molar-refractivity contribution < 1.29 is 14.4 Å². The SMILES string of the molecule is CC(C)C(NC(=O)[C@@H](Cc1ccccc1)NC(=O)C1(C(N)=O)CCCC1)C1CCNCC1. The number of carbonyl (C=O) groups is 3. The van der Waals surface area contributed by atoms with Crippen LogP contribution < -0.4 is 21.7 Å². The van der Waals surface area contributed by atoms with Gasteiger partial charge in [-0.25, -0.2) is 0 Å². The Morgan fingerprint density at radius 1 is 1.06 bits per heavy atom. The van der Waals surface area contributed by atoms with Crippen molar-refractivity contribution in [2.24, 2.45) is 23.0 Å². The molecule has 2 atom stereocenters. The van der Waals surface area contributed by atoms with Crippen molar-refractivity contribution in [3.63, 3.8) is 0 Å². The van der Waals surface area contributed by atoms with E-state index in [1.54, 1.807) is 0 Å². The summed E-state index contributed by atoms with van der Waals surface area (Å²) in [6.45, 7) is 6.15. The zero-order valence-corrected chi connectivity index (χ0v) is 19.4. The van der Waals surface area contributed by atoms with E-state index in [9.17, 15) is 14.4 Å². The Balaban J connectivity index is 1.79. The molecule has 3 rings (SSSR count). The summed E-state index contributed by atoms with van der Waals surface area (Å²) in [5, 5.41) is 9.53. The van der Waals surface area contributed by atoms with Crippen molar-refractivity contribution in [3.05, 3.63) is 35.9 Å². The molecule has 0 spiro atoms. The molecule has 1 saturated heterocycles. The molecular weight excluding hydrogens is 404 g/mol. The quantitative estimate of drug-likeness (QED) is 0.438. The third-order valence-corrected chi connectivity index (χ3v) is 7.19. The van der Waals surface area contributed by atoms with Gasteiger partial charge in [-0.3, -0.25) is 14.4 Å². The fourth-order valence-electron chi connectivity index (χ4n) is 5.22. The van der Waals surface area contributed by atoms with Crippen LogP contribution in [0.2, 0.25) is 0 Å². The summed E-state index contributed by atoms with van der Waals surface area (Å²) < 4.78 is 0. The van der Waals surface area contributed by atoms with E-state index in [4.69, 9.17) is 5.73 Å². The Hall–Kier alpha value is -2.41. The number of amides is 3. The topological polar surface area (TPSA) is 113 Å². The molecule has 1 aliphatic heterocycles. The van der Waals surface area contributed by atoms with E-state index in [-0.39, 0.29) is 17.9 Å². The standard InChI is InChI=1S/C25H38N4O3/c1-17(2)21(19-10-14-27-15-11-19)29-22(30)20(16-18-8-4-3-5-9-18)28-24(32)25(23(26)31)12-6-7-13-25/h3-5,8-9,17,19-21,27H,6-7,10-16H2,1-2H3,(H2,26,31)(H,28,32)(H,29,30)/t20-,21?/m1/s1. The summed E-state index contributed by atoms with van der Waals surface area (Å²) in [6, 6.07) is 8.92. The number of benzene rings is 1. The molecule has 3 amide bonds. The number of hydrogen-bond acceptors (Lipinski definition) is 4. The molecule has 1 unspecified atom stereocenters. The summed E-state index contributed by atoms with van der Waals surface area (Å²) in [6.07, 6.45) is 4.86. The molecule has 1 aromatic rings. The van der Waals surface area contributed by atoms with E-state index in [0.717, 1.165) is 44.3 Å². The molecule has 0 radical (unpaired) electrons. The molecule has 7 nitrogen and oxygen atoms in total. The number of nitrogens with two attached hydrogens (primary N) is 1. The maximum Gasteiger partial charge on any atom is 0.243 e. The van der Waals surface area contributed by atoms with E-state index in [2.05, 4.69) is 29.8 Å². The van der Waals surface area contributed by atoms with Crippen molar-refractivity contribution >= 4 is 17.7 Å². The van der Waals surface area contributed by atoms with Crippen molar-refractivity contribution in [1.82, 2.24) is 16.0 Å². The highest BCUT2D eigenvalue weighted by molar-refractivity contribution is 6.05. The van der Waals surface area contributed by atoms with Crippen LogP contribution in [0.5, 0.6) is 0 Å². The van der Waals surface area contributed by atoms with Gasteiger partial charge in [-0.05, 0) is 56.2 Å². The smallest absolute Gasteiger partial charge is 0.243 e. The molecule has 1 saturated carbocycles. The first-order chi connectivity index (χ1) is 15.3. The van der Waals surface area contributed by atoms with Crippen LogP contribution in [0.4, 0.5) is 0 Å². The van der Waals surface area contributed by atoms with Crippen molar-refractivity contribution in [3.8, 4) is 0 Å². The number of hydrogen-bond donors (Lipinski definition) is 4. The molecule has 0 bridgehead atoms. The minimum atomic E-state index is -1.21. The van der Waals surface area contributed by atoms with Gasteiger partial charge in [0.2, 0.25) is 17.7 Å². The van der Waals surface area contributed by atoms with Crippen molar-refractivity contribution in [2.75, 3.05) is 13.1 Å². The van der Waals surface area contributed by atoms with E-state index < -0.39 is 23.3 Å². The van der Waals surface area contributed by atoms with E-state index in [1.807, 2.05) is 30.3 Å². The second kappa shape index (κ2) is 10.9. The van der Waals surface area contributed by atoms with Crippen LogP contribution in [-0.4, -0.2) is 42.9 Å². The lowest BCUT2D eigenvalue weighted by Crippen LogP contribution is -2.58. The summed E-state index contributed by atoms with van der Waals surface area (Å²) in [7, 11) is 0. The molecule has 1 aliphatic carbocycles. The monoisotopic (exact) mass is 442 g/mol. The molecule has 5 N–H and O–H groups in total. The fraction of sp³-hybridized carbons (Fsp3) is 0.640. The molecule has 32 heavy (non-hydrogen) atoms. The number of piperidine rings is 1. The Morgan fingerprint density at radius 2 is 1.69 bits per heavy atom. The van der Waals surface area contributed by atoms with Gasteiger partial charge in [0.25, 0.3) is 0 Å². The average molecular weight is 443 g/mol. The number of primary amides is 1. The first kappa shape index (κ1) is 24.2. The normalized spacial score (nSPS) is 20.5. The fourth-order valence-corrected chi connectivity index (χ4v) is 5.22. The summed E-state index contributed by atoms with van der Waals surface area (Å²) in [5.74, 6) is -0.526. The lowest BCUT2D eigenvalue weighted by Gasteiger charge is -2.35. The van der Waals surface area contributed by atoms with E-state index in [0.29, 0.717) is 25.2 Å². The van der Waals surface area contributed by atoms with Gasteiger partial charge in [0.05, 0.1) is 0 Å². The molecule has 1 heterocycles. The first-order valence-corrected chi connectivity index (χ1v) is 12.0. The van der Waals surface area contributed by atoms with Gasteiger partial charge in [-0.15, -0.1) is 0 Å². The maximum atomic E-state index is 13.5. The number of rotatable bonds is 9. The van der Waals surface area contributed by atoms with Crippen LogP contribution in [0.1, 0.15) is 57.9 Å². The van der Waals surface area contributed by atoms with Gasteiger partial charge in [0, 0.05) is 12.5 Å². The highest BCUT2D eigenvalue weighted by atomic mass is 16.2. The molecule has 7 heteroatoms. The second-order valence-corrected chi connectivity index (χ2v) is 9.74. The Labute approximate surface area is 191 Å². The lowest BCUT2D eigenvalue weighted by atomic mass is 9.83. The van der Waals surface area contributed by atoms with Crippen LogP contribution in [0, 0.1) is 17.3 Å². The van der Waals surface area contributed by atoms with Crippen LogP contribution in [0.25, 0.3) is 0 Å². The van der Waals surface area contributed by atoms with Gasteiger partial charge < -0.3 is 21.7 Å². The van der Waals surface area contributed by atoms with Gasteiger partial charge in [0.15, 0.2) is 0 Å². The zero-order valence-electron chi connectivity index (χ0n) is 19.4. The van der Waals surface area contributed by atoms with E-state index >= 15 is 0 Å². The summed E-state index contributed by atoms with van der Waals surface area (Å²) >= 11 is 0. The predicted molar refractivity (Wildman–Crippen MR) is 125 cm³/mol. The zero-order chi connectivity index (χ0) is 23.1. The van der Waals surface area contributed by atoms with Gasteiger partial charge in [-0.1, -0.05) is 57.0 Å². The lowest BCUT2D eigenvalue weighted by molar-refractivity contribution is -0.143. The number of nitrogens with one attached hydrogen (secondary N) is 3. The highest BCUT2D eigenvalue weighted by Crippen LogP contribution is 2.38. The maximum absolute atomic E-state index is 13.5. The minimum Gasteiger partial charge on any atom is -0.369 e. The van der Waals surface area contributed by atoms with Crippen LogP contribution >= 0.6 is 0 Å². The van der Waals surface area contributed by atoms with Gasteiger partial charge in [-0.2, -0.15) is 0 Å². The third kappa shape index (κ3) is 5.68. The molecule has 176 valence electrons. The summed E-state index contributed by atoms with van der Waals surface area (Å²) in [4.78, 5) is 38.9. The number of carbonyl (C=O) groups excluding carboxylic acids is 3. The highest BCUT2D eigenvalue weighted by Gasteiger charge is 2.47. The largest absolute Gasteiger partial charge is 0.369 e.